The number of likely N-dealkylation sites (N-methyl/N-ethyl adjacent to an activating group) is 1. The number of nitrogens with two attached hydrogens (primary N) is 1. The van der Waals surface area contributed by atoms with Crippen LogP contribution in [-0.4, -0.2) is 41.5 Å². The molecule has 1 unspecified atom stereocenters. The second-order valence-corrected chi connectivity index (χ2v) is 6.25. The largest absolute Gasteiger partial charge is 0.366 e. The molecule has 0 fully saturated rings. The van der Waals surface area contributed by atoms with E-state index in [1.165, 1.54) is 4.88 Å². The van der Waals surface area contributed by atoms with Gasteiger partial charge in [-0.05, 0) is 33.5 Å². The van der Waals surface area contributed by atoms with E-state index in [0.29, 0.717) is 12.0 Å². The molecule has 2 aromatic rings. The SMILES string of the molecule is CCc1cc2c(NC(C)CN(C)C)nc(NN)nc2s1. The Labute approximate surface area is 123 Å². The van der Waals surface area contributed by atoms with Crippen LogP contribution in [0.1, 0.15) is 18.7 Å². The highest BCUT2D eigenvalue weighted by Crippen LogP contribution is 2.30. The number of nitrogens with zero attached hydrogens (tertiary/aromatic N) is 3. The highest BCUT2D eigenvalue weighted by atomic mass is 32.1. The number of thiophene rings is 1. The van der Waals surface area contributed by atoms with E-state index in [1.807, 2.05) is 0 Å². The standard InChI is InChI=1S/C13H22N6S/c1-5-9-6-10-11(15-8(2)7-19(3)4)16-13(18-14)17-12(10)20-9/h6,8H,5,7,14H2,1-4H3,(H2,15,16,17,18). The van der Waals surface area contributed by atoms with Crippen molar-refractivity contribution in [1.29, 1.82) is 0 Å². The summed E-state index contributed by atoms with van der Waals surface area (Å²) in [7, 11) is 4.11. The number of nitrogen functional groups attached to an aromatic ring is 1. The fraction of sp³-hybridized carbons (Fsp3) is 0.538. The number of aryl methyl sites for hydroxylation is 1. The molecule has 0 bridgehead atoms. The summed E-state index contributed by atoms with van der Waals surface area (Å²) in [6, 6.07) is 2.45. The van der Waals surface area contributed by atoms with Crippen LogP contribution in [0.15, 0.2) is 6.07 Å². The van der Waals surface area contributed by atoms with Gasteiger partial charge >= 0.3 is 0 Å². The van der Waals surface area contributed by atoms with E-state index in [1.54, 1.807) is 11.3 Å². The van der Waals surface area contributed by atoms with Crippen molar-refractivity contribution in [2.24, 2.45) is 5.84 Å². The summed E-state index contributed by atoms with van der Waals surface area (Å²) >= 11 is 1.68. The minimum Gasteiger partial charge on any atom is -0.366 e. The van der Waals surface area contributed by atoms with Gasteiger partial charge in [0.2, 0.25) is 5.95 Å². The molecule has 0 aliphatic rings. The minimum atomic E-state index is 0.290. The topological polar surface area (TPSA) is 79.1 Å². The van der Waals surface area contributed by atoms with Gasteiger partial charge < -0.3 is 10.2 Å². The number of aromatic nitrogens is 2. The van der Waals surface area contributed by atoms with Gasteiger partial charge in [-0.2, -0.15) is 4.98 Å². The van der Waals surface area contributed by atoms with E-state index in [4.69, 9.17) is 5.84 Å². The van der Waals surface area contributed by atoms with E-state index in [0.717, 1.165) is 29.0 Å². The van der Waals surface area contributed by atoms with Gasteiger partial charge in [0.25, 0.3) is 0 Å². The van der Waals surface area contributed by atoms with Crippen molar-refractivity contribution < 1.29 is 0 Å². The highest BCUT2D eigenvalue weighted by Gasteiger charge is 2.13. The Bertz CT molecular complexity index is 579. The van der Waals surface area contributed by atoms with E-state index in [9.17, 15) is 0 Å². The van der Waals surface area contributed by atoms with Gasteiger partial charge in [0, 0.05) is 17.5 Å². The van der Waals surface area contributed by atoms with Gasteiger partial charge in [0.1, 0.15) is 10.6 Å². The summed E-state index contributed by atoms with van der Waals surface area (Å²) in [5.74, 6) is 6.74. The van der Waals surface area contributed by atoms with E-state index in [2.05, 4.69) is 59.6 Å². The number of nitrogens with one attached hydrogen (secondary N) is 2. The molecule has 4 N–H and O–H groups in total. The lowest BCUT2D eigenvalue weighted by atomic mass is 10.2. The molecule has 2 rings (SSSR count). The molecule has 2 heterocycles. The zero-order valence-corrected chi connectivity index (χ0v) is 13.2. The Morgan fingerprint density at radius 2 is 2.15 bits per heavy atom. The van der Waals surface area contributed by atoms with Crippen LogP contribution in [0, 0.1) is 0 Å². The Hall–Kier alpha value is -1.44. The number of hydrogen-bond donors (Lipinski definition) is 3. The predicted molar refractivity (Wildman–Crippen MR) is 86.2 cm³/mol. The van der Waals surface area contributed by atoms with Crippen molar-refractivity contribution >= 4 is 33.3 Å². The van der Waals surface area contributed by atoms with Crippen molar-refractivity contribution in [3.05, 3.63) is 10.9 Å². The Morgan fingerprint density at radius 3 is 2.75 bits per heavy atom. The minimum absolute atomic E-state index is 0.290. The smallest absolute Gasteiger partial charge is 0.240 e. The molecule has 0 aromatic carbocycles. The van der Waals surface area contributed by atoms with Crippen LogP contribution in [0.5, 0.6) is 0 Å². The monoisotopic (exact) mass is 294 g/mol. The van der Waals surface area contributed by atoms with Crippen molar-refractivity contribution in [3.63, 3.8) is 0 Å². The average molecular weight is 294 g/mol. The van der Waals surface area contributed by atoms with Crippen molar-refractivity contribution in [3.8, 4) is 0 Å². The summed E-state index contributed by atoms with van der Waals surface area (Å²) in [5, 5.41) is 4.51. The quantitative estimate of drug-likeness (QED) is 0.558. The summed E-state index contributed by atoms with van der Waals surface area (Å²) in [6.07, 6.45) is 0.999. The van der Waals surface area contributed by atoms with E-state index >= 15 is 0 Å². The number of hydrogen-bond acceptors (Lipinski definition) is 7. The van der Waals surface area contributed by atoms with Gasteiger partial charge in [0.15, 0.2) is 0 Å². The van der Waals surface area contributed by atoms with Gasteiger partial charge in [-0.3, -0.25) is 5.43 Å². The average Bonchev–Trinajstić information content (AvgIpc) is 2.80. The first kappa shape index (κ1) is 15.0. The molecule has 2 aromatic heterocycles. The maximum absolute atomic E-state index is 5.45. The molecule has 0 aliphatic heterocycles. The Balaban J connectivity index is 2.36. The molecule has 1 atom stereocenters. The van der Waals surface area contributed by atoms with Crippen LogP contribution in [0.3, 0.4) is 0 Å². The zero-order chi connectivity index (χ0) is 14.7. The third kappa shape index (κ3) is 3.36. The van der Waals surface area contributed by atoms with Crippen LogP contribution in [0.4, 0.5) is 11.8 Å². The molecule has 20 heavy (non-hydrogen) atoms. The number of hydrazine groups is 1. The summed E-state index contributed by atoms with van der Waals surface area (Å²) < 4.78 is 0. The molecule has 0 aliphatic carbocycles. The molecule has 6 nitrogen and oxygen atoms in total. The van der Waals surface area contributed by atoms with Crippen LogP contribution in [0.25, 0.3) is 10.2 Å². The third-order valence-electron chi connectivity index (χ3n) is 2.94. The zero-order valence-electron chi connectivity index (χ0n) is 12.4. The molecular formula is C13H22N6S. The maximum atomic E-state index is 5.45. The number of rotatable bonds is 6. The first-order valence-electron chi connectivity index (χ1n) is 6.71. The van der Waals surface area contributed by atoms with Crippen LogP contribution < -0.4 is 16.6 Å². The lowest BCUT2D eigenvalue weighted by molar-refractivity contribution is 0.392. The number of anilines is 2. The van der Waals surface area contributed by atoms with E-state index < -0.39 is 0 Å². The van der Waals surface area contributed by atoms with Crippen LogP contribution >= 0.6 is 11.3 Å². The normalized spacial score (nSPS) is 12.9. The van der Waals surface area contributed by atoms with Gasteiger partial charge in [-0.1, -0.05) is 6.92 Å². The molecule has 7 heteroatoms. The van der Waals surface area contributed by atoms with E-state index in [-0.39, 0.29) is 0 Å². The van der Waals surface area contributed by atoms with Crippen molar-refractivity contribution in [2.75, 3.05) is 31.4 Å². The van der Waals surface area contributed by atoms with Crippen LogP contribution in [0.2, 0.25) is 0 Å². The third-order valence-corrected chi connectivity index (χ3v) is 4.12. The van der Waals surface area contributed by atoms with Gasteiger partial charge in [0.05, 0.1) is 5.39 Å². The van der Waals surface area contributed by atoms with Gasteiger partial charge in [-0.25, -0.2) is 10.8 Å². The summed E-state index contributed by atoms with van der Waals surface area (Å²) in [4.78, 5) is 13.3. The fourth-order valence-corrected chi connectivity index (χ4v) is 3.11. The lowest BCUT2D eigenvalue weighted by Crippen LogP contribution is -2.30. The van der Waals surface area contributed by atoms with Gasteiger partial charge in [-0.15, -0.1) is 11.3 Å². The maximum Gasteiger partial charge on any atom is 0.240 e. The molecule has 0 amide bonds. The summed E-state index contributed by atoms with van der Waals surface area (Å²) in [6.45, 7) is 5.21. The fourth-order valence-electron chi connectivity index (χ4n) is 2.15. The highest BCUT2D eigenvalue weighted by molar-refractivity contribution is 7.18. The molecule has 0 saturated heterocycles. The predicted octanol–water partition coefficient (Wildman–Crippen LogP) is 1.90. The molecule has 0 spiro atoms. The lowest BCUT2D eigenvalue weighted by Gasteiger charge is -2.19. The Kier molecular flexibility index (Phi) is 4.74. The van der Waals surface area contributed by atoms with Crippen molar-refractivity contribution in [2.45, 2.75) is 26.3 Å². The Morgan fingerprint density at radius 1 is 1.40 bits per heavy atom. The first-order valence-corrected chi connectivity index (χ1v) is 7.53. The molecule has 110 valence electrons. The van der Waals surface area contributed by atoms with Crippen molar-refractivity contribution in [1.82, 2.24) is 14.9 Å². The summed E-state index contributed by atoms with van der Waals surface area (Å²) in [5.41, 5.74) is 2.53. The molecular weight excluding hydrogens is 272 g/mol. The second-order valence-electron chi connectivity index (χ2n) is 5.13. The second kappa shape index (κ2) is 6.34. The molecule has 0 saturated carbocycles. The molecule has 0 radical (unpaired) electrons. The number of fused-ring (bicyclic) bond motifs is 1. The van der Waals surface area contributed by atoms with Crippen LogP contribution in [-0.2, 0) is 6.42 Å². The first-order chi connectivity index (χ1) is 9.53.